The molecule has 0 aromatic carbocycles. The number of hydrogen-bond acceptors (Lipinski definition) is 3. The Morgan fingerprint density at radius 3 is 2.33 bits per heavy atom. The predicted molar refractivity (Wildman–Crippen MR) is 61.5 cm³/mol. The Labute approximate surface area is 92.2 Å². The van der Waals surface area contributed by atoms with Gasteiger partial charge in [-0.1, -0.05) is 0 Å². The lowest BCUT2D eigenvalue weighted by atomic mass is 9.91. The molecule has 1 amide bonds. The summed E-state index contributed by atoms with van der Waals surface area (Å²) in [7, 11) is 3.58. The molecule has 0 spiro atoms. The minimum atomic E-state index is -0.0840. The van der Waals surface area contributed by atoms with Gasteiger partial charge in [0, 0.05) is 26.2 Å². The molecule has 1 rings (SSSR count). The van der Waals surface area contributed by atoms with Crippen LogP contribution in [0.5, 0.6) is 0 Å². The maximum atomic E-state index is 11.6. The predicted octanol–water partition coefficient (Wildman–Crippen LogP) is 0.323. The van der Waals surface area contributed by atoms with E-state index in [1.54, 1.807) is 19.0 Å². The highest BCUT2D eigenvalue weighted by Crippen LogP contribution is 2.17. The van der Waals surface area contributed by atoms with E-state index >= 15 is 0 Å². The first-order valence-electron chi connectivity index (χ1n) is 5.73. The van der Waals surface area contributed by atoms with Gasteiger partial charge < -0.3 is 16.0 Å². The molecule has 0 bridgehead atoms. The average molecular weight is 213 g/mol. The molecular weight excluding hydrogens is 190 g/mol. The van der Waals surface area contributed by atoms with Crippen LogP contribution >= 0.6 is 0 Å². The second-order valence-electron chi connectivity index (χ2n) is 4.73. The minimum absolute atomic E-state index is 0.0840. The first-order chi connectivity index (χ1) is 7.00. The zero-order valence-electron chi connectivity index (χ0n) is 9.99. The van der Waals surface area contributed by atoms with Crippen molar-refractivity contribution >= 4 is 5.91 Å². The molecule has 88 valence electrons. The van der Waals surface area contributed by atoms with Gasteiger partial charge in [-0.3, -0.25) is 4.79 Å². The zero-order valence-corrected chi connectivity index (χ0v) is 9.99. The lowest BCUT2D eigenvalue weighted by Crippen LogP contribution is -2.48. The second-order valence-corrected chi connectivity index (χ2v) is 4.73. The van der Waals surface area contributed by atoms with Gasteiger partial charge in [0.2, 0.25) is 5.91 Å². The molecule has 3 N–H and O–H groups in total. The highest BCUT2D eigenvalue weighted by Gasteiger charge is 2.22. The number of carbonyl (C=O) groups excluding carboxylic acids is 1. The molecule has 1 unspecified atom stereocenters. The van der Waals surface area contributed by atoms with E-state index in [4.69, 9.17) is 5.73 Å². The Morgan fingerprint density at radius 1 is 1.33 bits per heavy atom. The third-order valence-electron chi connectivity index (χ3n) is 3.07. The van der Waals surface area contributed by atoms with Crippen molar-refractivity contribution in [1.82, 2.24) is 10.2 Å². The lowest BCUT2D eigenvalue weighted by Gasteiger charge is -2.30. The fraction of sp³-hybridized carbons (Fsp3) is 0.909. The van der Waals surface area contributed by atoms with Crippen molar-refractivity contribution in [1.29, 1.82) is 0 Å². The fourth-order valence-corrected chi connectivity index (χ4v) is 2.10. The van der Waals surface area contributed by atoms with Gasteiger partial charge in [0.25, 0.3) is 0 Å². The van der Waals surface area contributed by atoms with Gasteiger partial charge >= 0.3 is 0 Å². The normalized spacial score (nSPS) is 28.5. The molecule has 0 radical (unpaired) electrons. The molecule has 0 heterocycles. The van der Waals surface area contributed by atoms with Gasteiger partial charge in [0.05, 0.1) is 6.04 Å². The van der Waals surface area contributed by atoms with E-state index in [0.717, 1.165) is 25.7 Å². The van der Waals surface area contributed by atoms with Gasteiger partial charge in [-0.2, -0.15) is 0 Å². The Bertz CT molecular complexity index is 210. The van der Waals surface area contributed by atoms with E-state index in [1.807, 2.05) is 6.92 Å². The van der Waals surface area contributed by atoms with E-state index in [0.29, 0.717) is 12.1 Å². The molecule has 0 aliphatic heterocycles. The quantitative estimate of drug-likeness (QED) is 0.710. The third-order valence-corrected chi connectivity index (χ3v) is 3.07. The summed E-state index contributed by atoms with van der Waals surface area (Å²) < 4.78 is 0. The molecule has 1 fully saturated rings. The number of amides is 1. The van der Waals surface area contributed by atoms with Crippen LogP contribution in [0.15, 0.2) is 0 Å². The van der Waals surface area contributed by atoms with Gasteiger partial charge in [-0.25, -0.2) is 0 Å². The van der Waals surface area contributed by atoms with Crippen molar-refractivity contribution in [3.8, 4) is 0 Å². The van der Waals surface area contributed by atoms with Crippen molar-refractivity contribution in [3.05, 3.63) is 0 Å². The largest absolute Gasteiger partial charge is 0.347 e. The molecule has 1 atom stereocenters. The monoisotopic (exact) mass is 213 g/mol. The van der Waals surface area contributed by atoms with E-state index in [-0.39, 0.29) is 11.9 Å². The number of nitrogens with zero attached hydrogens (tertiary/aromatic N) is 1. The minimum Gasteiger partial charge on any atom is -0.347 e. The van der Waals surface area contributed by atoms with Crippen molar-refractivity contribution < 1.29 is 4.79 Å². The summed E-state index contributed by atoms with van der Waals surface area (Å²) in [4.78, 5) is 13.3. The van der Waals surface area contributed by atoms with Gasteiger partial charge in [-0.05, 0) is 32.6 Å². The molecule has 4 nitrogen and oxygen atoms in total. The summed E-state index contributed by atoms with van der Waals surface area (Å²) in [6.45, 7) is 1.93. The molecule has 0 saturated heterocycles. The summed E-state index contributed by atoms with van der Waals surface area (Å²) in [5, 5.41) is 3.37. The standard InChI is InChI=1S/C11H23N3O/c1-8(11(15)14(2)3)13-10-6-4-9(12)5-7-10/h8-10,13H,4-7,12H2,1-3H3. The second kappa shape index (κ2) is 5.47. The van der Waals surface area contributed by atoms with Crippen molar-refractivity contribution in [2.75, 3.05) is 14.1 Å². The van der Waals surface area contributed by atoms with E-state index in [1.165, 1.54) is 0 Å². The van der Waals surface area contributed by atoms with Crippen LogP contribution in [-0.2, 0) is 4.79 Å². The Morgan fingerprint density at radius 2 is 1.87 bits per heavy atom. The number of nitrogens with one attached hydrogen (secondary N) is 1. The number of hydrogen-bond donors (Lipinski definition) is 2. The molecule has 1 aliphatic carbocycles. The highest BCUT2D eigenvalue weighted by atomic mass is 16.2. The number of rotatable bonds is 3. The summed E-state index contributed by atoms with van der Waals surface area (Å²) in [6, 6.07) is 0.742. The molecule has 0 aromatic rings. The maximum Gasteiger partial charge on any atom is 0.238 e. The van der Waals surface area contributed by atoms with Crippen LogP contribution in [0.4, 0.5) is 0 Å². The van der Waals surface area contributed by atoms with Crippen LogP contribution in [0.25, 0.3) is 0 Å². The zero-order chi connectivity index (χ0) is 11.4. The van der Waals surface area contributed by atoms with Crippen molar-refractivity contribution in [3.63, 3.8) is 0 Å². The lowest BCUT2D eigenvalue weighted by molar-refractivity contribution is -0.130. The van der Waals surface area contributed by atoms with Crippen LogP contribution < -0.4 is 11.1 Å². The molecule has 15 heavy (non-hydrogen) atoms. The number of carbonyl (C=O) groups is 1. The summed E-state index contributed by atoms with van der Waals surface area (Å²) in [5.74, 6) is 0.143. The maximum absolute atomic E-state index is 11.6. The van der Waals surface area contributed by atoms with Crippen LogP contribution in [0.2, 0.25) is 0 Å². The Kier molecular flexibility index (Phi) is 4.54. The first-order valence-corrected chi connectivity index (χ1v) is 5.73. The molecule has 1 saturated carbocycles. The topological polar surface area (TPSA) is 58.4 Å². The molecule has 0 aromatic heterocycles. The molecule has 1 aliphatic rings. The van der Waals surface area contributed by atoms with Crippen molar-refractivity contribution in [2.45, 2.75) is 50.7 Å². The molecule has 4 heteroatoms. The van der Waals surface area contributed by atoms with Crippen molar-refractivity contribution in [2.24, 2.45) is 5.73 Å². The summed E-state index contributed by atoms with van der Waals surface area (Å²) >= 11 is 0. The van der Waals surface area contributed by atoms with E-state index < -0.39 is 0 Å². The van der Waals surface area contributed by atoms with Gasteiger partial charge in [0.1, 0.15) is 0 Å². The van der Waals surface area contributed by atoms with Crippen LogP contribution in [0.3, 0.4) is 0 Å². The number of nitrogens with two attached hydrogens (primary N) is 1. The third kappa shape index (κ3) is 3.80. The Hall–Kier alpha value is -0.610. The van der Waals surface area contributed by atoms with Crippen LogP contribution in [0.1, 0.15) is 32.6 Å². The summed E-state index contributed by atoms with van der Waals surface area (Å²) in [5.41, 5.74) is 5.83. The Balaban J connectivity index is 2.32. The van der Waals surface area contributed by atoms with Gasteiger partial charge in [-0.15, -0.1) is 0 Å². The SMILES string of the molecule is CC(NC1CCC(N)CC1)C(=O)N(C)C. The number of likely N-dealkylation sites (N-methyl/N-ethyl adjacent to an activating group) is 1. The first kappa shape index (κ1) is 12.5. The van der Waals surface area contributed by atoms with E-state index in [2.05, 4.69) is 5.32 Å². The fourth-order valence-electron chi connectivity index (χ4n) is 2.10. The smallest absolute Gasteiger partial charge is 0.238 e. The summed E-state index contributed by atoms with van der Waals surface area (Å²) in [6.07, 6.45) is 4.32. The van der Waals surface area contributed by atoms with Gasteiger partial charge in [0.15, 0.2) is 0 Å². The molecular formula is C11H23N3O. The van der Waals surface area contributed by atoms with Crippen LogP contribution in [0, 0.1) is 0 Å². The highest BCUT2D eigenvalue weighted by molar-refractivity contribution is 5.80. The van der Waals surface area contributed by atoms with E-state index in [9.17, 15) is 4.79 Å². The average Bonchev–Trinajstić information content (AvgIpc) is 2.20. The van der Waals surface area contributed by atoms with Crippen LogP contribution in [-0.4, -0.2) is 43.0 Å².